The Morgan fingerprint density at radius 2 is 1.73 bits per heavy atom. The van der Waals surface area contributed by atoms with Gasteiger partial charge in [0.25, 0.3) is 11.8 Å². The highest BCUT2D eigenvalue weighted by Crippen LogP contribution is 2.60. The number of rotatable bonds is 10. The number of fused-ring (bicyclic) bond motifs is 3. The molecule has 0 unspecified atom stereocenters. The molecule has 1 saturated heterocycles. The summed E-state index contributed by atoms with van der Waals surface area (Å²) in [5.41, 5.74) is 3.32. The molecule has 55 heavy (non-hydrogen) atoms. The molecule has 1 fully saturated rings. The van der Waals surface area contributed by atoms with E-state index in [1.165, 1.54) is 6.92 Å². The smallest absolute Gasteiger partial charge is 0.264 e. The normalized spacial score (nSPS) is 23.7. The molecule has 288 valence electrons. The van der Waals surface area contributed by atoms with Crippen LogP contribution in [0.2, 0.25) is 23.7 Å². The molecule has 6 atom stereocenters. The molecule has 3 amide bonds. The first kappa shape index (κ1) is 38.7. The average Bonchev–Trinajstić information content (AvgIpc) is 3.60. The van der Waals surface area contributed by atoms with Crippen molar-refractivity contribution in [2.75, 3.05) is 23.9 Å². The molecule has 0 radical (unpaired) electrons. The first-order valence-corrected chi connectivity index (χ1v) is 22.2. The number of methoxy groups -OCH3 is 1. The highest BCUT2D eigenvalue weighted by atomic mass is 35.5. The van der Waals surface area contributed by atoms with Crippen LogP contribution in [0.25, 0.3) is 0 Å². The Morgan fingerprint density at radius 3 is 2.38 bits per heavy atom. The van der Waals surface area contributed by atoms with Gasteiger partial charge in [-0.2, -0.15) is 0 Å². The number of ether oxygens (including phenoxy) is 2. The predicted molar refractivity (Wildman–Crippen MR) is 215 cm³/mol. The quantitative estimate of drug-likeness (QED) is 0.175. The second kappa shape index (κ2) is 15.2. The van der Waals surface area contributed by atoms with Crippen molar-refractivity contribution in [1.29, 1.82) is 0 Å². The van der Waals surface area contributed by atoms with Crippen molar-refractivity contribution in [2.45, 2.75) is 82.3 Å². The van der Waals surface area contributed by atoms with Crippen molar-refractivity contribution in [3.8, 4) is 5.75 Å². The van der Waals surface area contributed by atoms with Crippen molar-refractivity contribution in [3.05, 3.63) is 118 Å². The standard InChI is InChI=1S/C43H48ClN3O7Si/c1-26-40(55(4,5)35-17-15-34(53-3)16-18-35)38(22-39(50)46-24-30-9-7-6-8-29(30)20-33(46)25-48)54-43(26)36-21-31(44)12-19-37(36)47(42(43)52)23-28-10-13-32(14-11-28)45-41(51)27(2)49/h6-19,21,26-27,33,38,40,48-49H,20,22-25H2,1-5H3,(H,45,51)/t26-,27-,33-,38+,40-,43+/m0/s1. The summed E-state index contributed by atoms with van der Waals surface area (Å²) in [6, 6.07) is 28.3. The van der Waals surface area contributed by atoms with Gasteiger partial charge in [0.1, 0.15) is 11.9 Å². The lowest BCUT2D eigenvalue weighted by molar-refractivity contribution is -0.151. The summed E-state index contributed by atoms with van der Waals surface area (Å²) in [6.07, 6.45) is -1.16. The van der Waals surface area contributed by atoms with E-state index in [0.29, 0.717) is 34.9 Å². The first-order chi connectivity index (χ1) is 26.3. The van der Waals surface area contributed by atoms with E-state index in [0.717, 1.165) is 27.6 Å². The zero-order chi connectivity index (χ0) is 39.2. The minimum absolute atomic E-state index is 0.0465. The molecule has 3 aliphatic rings. The van der Waals surface area contributed by atoms with E-state index in [4.69, 9.17) is 21.1 Å². The van der Waals surface area contributed by atoms with E-state index < -0.39 is 31.8 Å². The van der Waals surface area contributed by atoms with Gasteiger partial charge in [0.05, 0.1) is 52.6 Å². The molecule has 0 aliphatic carbocycles. The van der Waals surface area contributed by atoms with Gasteiger partial charge >= 0.3 is 0 Å². The summed E-state index contributed by atoms with van der Waals surface area (Å²) in [6.45, 7) is 8.49. The largest absolute Gasteiger partial charge is 0.497 e. The first-order valence-electron chi connectivity index (χ1n) is 18.8. The maximum atomic E-state index is 15.2. The molecule has 7 rings (SSSR count). The van der Waals surface area contributed by atoms with Crippen LogP contribution in [0.4, 0.5) is 11.4 Å². The third-order valence-electron chi connectivity index (χ3n) is 12.0. The van der Waals surface area contributed by atoms with Gasteiger partial charge in [-0.15, -0.1) is 0 Å². The molecule has 0 aromatic heterocycles. The number of nitrogens with one attached hydrogen (secondary N) is 1. The highest BCUT2D eigenvalue weighted by Gasteiger charge is 2.66. The van der Waals surface area contributed by atoms with Crippen molar-refractivity contribution in [2.24, 2.45) is 5.92 Å². The van der Waals surface area contributed by atoms with Gasteiger partial charge in [0.2, 0.25) is 5.91 Å². The number of aliphatic hydroxyl groups is 2. The zero-order valence-electron chi connectivity index (χ0n) is 31.8. The maximum absolute atomic E-state index is 15.2. The van der Waals surface area contributed by atoms with Crippen LogP contribution in [-0.2, 0) is 44.2 Å². The van der Waals surface area contributed by atoms with Crippen LogP contribution >= 0.6 is 11.6 Å². The molecular formula is C43H48ClN3O7Si. The number of carbonyl (C=O) groups is 3. The summed E-state index contributed by atoms with van der Waals surface area (Å²) in [5.74, 6) is -0.454. The lowest BCUT2D eigenvalue weighted by Gasteiger charge is -2.39. The Kier molecular flexibility index (Phi) is 10.7. The van der Waals surface area contributed by atoms with Crippen molar-refractivity contribution < 1.29 is 34.1 Å². The van der Waals surface area contributed by atoms with Crippen LogP contribution in [0.5, 0.6) is 5.75 Å². The van der Waals surface area contributed by atoms with Crippen molar-refractivity contribution in [1.82, 2.24) is 4.90 Å². The van der Waals surface area contributed by atoms with E-state index in [1.54, 1.807) is 35.1 Å². The molecule has 10 nitrogen and oxygen atoms in total. The summed E-state index contributed by atoms with van der Waals surface area (Å²) >= 11 is 6.69. The minimum atomic E-state index is -2.55. The molecule has 0 bridgehead atoms. The second-order valence-electron chi connectivity index (χ2n) is 15.6. The Hall–Kier alpha value is -4.52. The van der Waals surface area contributed by atoms with Crippen LogP contribution in [0, 0.1) is 5.92 Å². The summed E-state index contributed by atoms with van der Waals surface area (Å²) in [7, 11) is -0.909. The molecule has 3 N–H and O–H groups in total. The monoisotopic (exact) mass is 781 g/mol. The number of amides is 3. The fourth-order valence-corrected chi connectivity index (χ4v) is 13.3. The predicted octanol–water partition coefficient (Wildman–Crippen LogP) is 5.77. The molecule has 3 aliphatic heterocycles. The van der Waals surface area contributed by atoms with E-state index in [9.17, 15) is 19.8 Å². The topological polar surface area (TPSA) is 129 Å². The molecule has 4 aromatic rings. The average molecular weight is 782 g/mol. The zero-order valence-corrected chi connectivity index (χ0v) is 33.5. The molecule has 1 spiro atoms. The number of carbonyl (C=O) groups excluding carboxylic acids is 3. The molecule has 0 saturated carbocycles. The fraction of sp³-hybridized carbons (Fsp3) is 0.372. The Morgan fingerprint density at radius 1 is 1.04 bits per heavy atom. The number of aliphatic hydroxyl groups excluding tert-OH is 2. The molecule has 4 aromatic carbocycles. The molecular weight excluding hydrogens is 734 g/mol. The van der Waals surface area contributed by atoms with Crippen molar-refractivity contribution >= 4 is 54.0 Å². The summed E-state index contributed by atoms with van der Waals surface area (Å²) in [4.78, 5) is 45.3. The number of benzene rings is 4. The fourth-order valence-electron chi connectivity index (χ4n) is 9.10. The van der Waals surface area contributed by atoms with E-state index in [2.05, 4.69) is 37.5 Å². The molecule has 12 heteroatoms. The Bertz CT molecular complexity index is 2090. The van der Waals surface area contributed by atoms with E-state index >= 15 is 4.79 Å². The third kappa shape index (κ3) is 6.97. The second-order valence-corrected chi connectivity index (χ2v) is 20.7. The number of hydrogen-bond acceptors (Lipinski definition) is 7. The Labute approximate surface area is 328 Å². The summed E-state index contributed by atoms with van der Waals surface area (Å²) in [5, 5.41) is 24.4. The lowest BCUT2D eigenvalue weighted by atomic mass is 9.82. The minimum Gasteiger partial charge on any atom is -0.497 e. The van der Waals surface area contributed by atoms with Crippen LogP contribution in [0.15, 0.2) is 91.0 Å². The van der Waals surface area contributed by atoms with Crippen LogP contribution in [0.3, 0.4) is 0 Å². The van der Waals surface area contributed by atoms with Crippen LogP contribution in [0.1, 0.15) is 42.5 Å². The SMILES string of the molecule is COc1ccc([Si](C)(C)[C@@H]2[C@@H](CC(=O)N3Cc4ccccc4C[C@H]3CO)O[C@]3(C(=O)N(Cc4ccc(NC(=O)[C@H](C)O)cc4)c4ccc(Cl)cc43)[C@H]2C)cc1. The number of anilines is 2. The molecule has 3 heterocycles. The van der Waals surface area contributed by atoms with Gasteiger partial charge in [-0.05, 0) is 78.0 Å². The van der Waals surface area contributed by atoms with Gasteiger partial charge < -0.3 is 34.8 Å². The Balaban J connectivity index is 1.26. The van der Waals surface area contributed by atoms with Gasteiger partial charge in [0.15, 0.2) is 5.60 Å². The van der Waals surface area contributed by atoms with Crippen LogP contribution in [-0.4, -0.2) is 72.9 Å². The third-order valence-corrected chi connectivity index (χ3v) is 16.6. The summed E-state index contributed by atoms with van der Waals surface area (Å²) < 4.78 is 12.7. The number of halogens is 1. The number of nitrogens with zero attached hydrogens (tertiary/aromatic N) is 2. The maximum Gasteiger partial charge on any atom is 0.264 e. The van der Waals surface area contributed by atoms with E-state index in [-0.39, 0.29) is 48.9 Å². The number of hydrogen-bond donors (Lipinski definition) is 3. The van der Waals surface area contributed by atoms with Crippen LogP contribution < -0.4 is 20.1 Å². The van der Waals surface area contributed by atoms with Gasteiger partial charge in [-0.1, -0.05) is 85.3 Å². The van der Waals surface area contributed by atoms with Crippen molar-refractivity contribution in [3.63, 3.8) is 0 Å². The highest BCUT2D eigenvalue weighted by molar-refractivity contribution is 6.91. The van der Waals surface area contributed by atoms with Gasteiger partial charge in [0, 0.05) is 28.7 Å². The lowest BCUT2D eigenvalue weighted by Crippen LogP contribution is -2.52. The van der Waals surface area contributed by atoms with Gasteiger partial charge in [-0.25, -0.2) is 0 Å². The van der Waals surface area contributed by atoms with E-state index in [1.807, 2.05) is 60.7 Å². The van der Waals surface area contributed by atoms with Gasteiger partial charge in [-0.3, -0.25) is 14.4 Å².